The molecule has 3 heterocycles. The summed E-state index contributed by atoms with van der Waals surface area (Å²) in [7, 11) is 1.31. The van der Waals surface area contributed by atoms with Crippen LogP contribution in [-0.2, 0) is 6.42 Å². The molecule has 1 N–H and O–H groups in total. The Hall–Kier alpha value is -3.82. The Bertz CT molecular complexity index is 1270. The van der Waals surface area contributed by atoms with Crippen molar-refractivity contribution in [2.75, 3.05) is 5.32 Å². The number of halogens is 2. The minimum Gasteiger partial charge on any atom is -0.339 e. The number of pyridine rings is 1. The predicted molar refractivity (Wildman–Crippen MR) is 117 cm³/mol. The zero-order chi connectivity index (χ0) is 22.7. The van der Waals surface area contributed by atoms with Crippen molar-refractivity contribution in [3.63, 3.8) is 0 Å². The van der Waals surface area contributed by atoms with E-state index in [4.69, 9.17) is 4.52 Å². The number of hydrogen-bond acceptors (Lipinski definition) is 5. The first-order chi connectivity index (χ1) is 15.5. The fraction of sp³-hybridized carbons (Fsp3) is 0.182. The molecule has 1 radical (unpaired) electrons. The molecule has 1 aromatic carbocycles. The molecule has 0 saturated carbocycles. The van der Waals surface area contributed by atoms with Gasteiger partial charge in [-0.3, -0.25) is 9.20 Å². The highest BCUT2D eigenvalue weighted by Gasteiger charge is 2.23. The number of amides is 1. The normalized spacial score (nSPS) is 12.1. The largest absolute Gasteiger partial charge is 0.339 e. The molecule has 1 atom stereocenters. The average molecular weight is 434 g/mol. The number of anilines is 1. The molecule has 3 aromatic heterocycles. The summed E-state index contributed by atoms with van der Waals surface area (Å²) in [5.41, 5.74) is 3.04. The molecule has 0 spiro atoms. The van der Waals surface area contributed by atoms with Gasteiger partial charge in [0, 0.05) is 29.7 Å². The summed E-state index contributed by atoms with van der Waals surface area (Å²) < 4.78 is 33.1. The van der Waals surface area contributed by atoms with Gasteiger partial charge in [-0.2, -0.15) is 4.98 Å². The van der Waals surface area contributed by atoms with E-state index in [2.05, 4.69) is 27.0 Å². The highest BCUT2D eigenvalue weighted by Crippen LogP contribution is 2.26. The number of carbonyl (C=O) groups excluding carboxylic acids is 1. The number of alkyl halides is 2. The molecule has 161 valence electrons. The van der Waals surface area contributed by atoms with E-state index < -0.39 is 12.2 Å². The number of imidazole rings is 1. The summed E-state index contributed by atoms with van der Waals surface area (Å²) in [5, 5.41) is 6.79. The zero-order valence-corrected chi connectivity index (χ0v) is 17.2. The van der Waals surface area contributed by atoms with Crippen LogP contribution in [0.5, 0.6) is 0 Å². The average Bonchev–Trinajstić information content (AvgIpc) is 3.42. The minimum atomic E-state index is -2.57. The fourth-order valence-electron chi connectivity index (χ4n) is 3.26. The molecule has 10 heteroatoms. The van der Waals surface area contributed by atoms with E-state index in [1.165, 1.54) is 19.5 Å². The summed E-state index contributed by atoms with van der Waals surface area (Å²) >= 11 is 0. The second kappa shape index (κ2) is 9.13. The first kappa shape index (κ1) is 21.4. The zero-order valence-electron chi connectivity index (χ0n) is 17.2. The van der Waals surface area contributed by atoms with Gasteiger partial charge in [0.05, 0.1) is 6.20 Å². The van der Waals surface area contributed by atoms with Crippen LogP contribution in [0.15, 0.2) is 65.9 Å². The van der Waals surface area contributed by atoms with Crippen molar-refractivity contribution in [1.29, 1.82) is 0 Å². The Labute approximate surface area is 183 Å². The van der Waals surface area contributed by atoms with Crippen LogP contribution in [0, 0.1) is 6.92 Å². The van der Waals surface area contributed by atoms with E-state index in [0.29, 0.717) is 22.6 Å². The number of nitrogens with zero attached hydrogens (tertiary/aromatic N) is 4. The van der Waals surface area contributed by atoms with Crippen LogP contribution < -0.4 is 5.32 Å². The number of rotatable bonds is 8. The molecule has 4 rings (SSSR count). The van der Waals surface area contributed by atoms with Gasteiger partial charge < -0.3 is 9.84 Å². The summed E-state index contributed by atoms with van der Waals surface area (Å²) in [6.07, 6.45) is 0.608. The maximum absolute atomic E-state index is 13.1. The van der Waals surface area contributed by atoms with E-state index in [9.17, 15) is 13.6 Å². The standard InChI is InChI=1S/C22H19BF2N5O2/c1-3-23-15(20(24)25)11-19-28-21(29-32-19)14-8-7-13(2)16(10-14)27-22(31)17-12-26-18-6-4-5-9-30(17)18/h3-10,12,15,20H,1,11H2,2H3,(H,27,31). The summed E-state index contributed by atoms with van der Waals surface area (Å²) in [4.78, 5) is 21.3. The van der Waals surface area contributed by atoms with Crippen molar-refractivity contribution in [3.8, 4) is 11.4 Å². The molecule has 32 heavy (non-hydrogen) atoms. The lowest BCUT2D eigenvalue weighted by Gasteiger charge is -2.10. The highest BCUT2D eigenvalue weighted by atomic mass is 19.3. The number of nitrogens with one attached hydrogen (secondary N) is 1. The molecule has 0 aliphatic carbocycles. The van der Waals surface area contributed by atoms with E-state index in [0.717, 1.165) is 5.56 Å². The smallest absolute Gasteiger partial charge is 0.274 e. The highest BCUT2D eigenvalue weighted by molar-refractivity contribution is 6.44. The first-order valence-electron chi connectivity index (χ1n) is 9.87. The van der Waals surface area contributed by atoms with Gasteiger partial charge in [-0.15, -0.1) is 12.6 Å². The SMILES string of the molecule is C=C[B]C(Cc1nc(-c2ccc(C)c(NC(=O)c3cnc4ccccn34)c2)no1)C(F)F. The lowest BCUT2D eigenvalue weighted by atomic mass is 9.63. The van der Waals surface area contributed by atoms with Crippen LogP contribution in [0.25, 0.3) is 17.0 Å². The summed E-state index contributed by atoms with van der Waals surface area (Å²) in [6, 6.07) is 10.8. The summed E-state index contributed by atoms with van der Waals surface area (Å²) in [5.74, 6) is 0.293. The van der Waals surface area contributed by atoms with Crippen molar-refractivity contribution in [3.05, 3.63) is 78.5 Å². The fourth-order valence-corrected chi connectivity index (χ4v) is 3.26. The minimum absolute atomic E-state index is 0.0968. The number of aryl methyl sites for hydroxylation is 1. The van der Waals surface area contributed by atoms with E-state index in [1.807, 2.05) is 31.2 Å². The van der Waals surface area contributed by atoms with Gasteiger partial charge in [0.2, 0.25) is 18.1 Å². The van der Waals surface area contributed by atoms with Crippen molar-refractivity contribution in [2.24, 2.45) is 0 Å². The van der Waals surface area contributed by atoms with E-state index in [1.54, 1.807) is 22.7 Å². The van der Waals surface area contributed by atoms with Gasteiger partial charge in [-0.1, -0.05) is 23.4 Å². The van der Waals surface area contributed by atoms with Gasteiger partial charge >= 0.3 is 0 Å². The molecule has 1 amide bonds. The third-order valence-electron chi connectivity index (χ3n) is 4.98. The number of hydrogen-bond donors (Lipinski definition) is 1. The molecule has 7 nitrogen and oxygen atoms in total. The molecule has 0 aliphatic rings. The Balaban J connectivity index is 1.55. The van der Waals surface area contributed by atoms with Crippen LogP contribution in [0.2, 0.25) is 5.82 Å². The monoisotopic (exact) mass is 434 g/mol. The topological polar surface area (TPSA) is 85.3 Å². The quantitative estimate of drug-likeness (QED) is 0.416. The second-order valence-corrected chi connectivity index (χ2v) is 7.20. The Kier molecular flexibility index (Phi) is 6.11. The van der Waals surface area contributed by atoms with Crippen LogP contribution in [0.4, 0.5) is 14.5 Å². The van der Waals surface area contributed by atoms with Gasteiger partial charge in [0.1, 0.15) is 11.3 Å². The van der Waals surface area contributed by atoms with Crippen molar-refractivity contribution < 1.29 is 18.1 Å². The predicted octanol–water partition coefficient (Wildman–Crippen LogP) is 4.39. The van der Waals surface area contributed by atoms with Gasteiger partial charge in [0.25, 0.3) is 5.91 Å². The molecular weight excluding hydrogens is 415 g/mol. The van der Waals surface area contributed by atoms with Crippen LogP contribution in [-0.4, -0.2) is 39.1 Å². The number of carbonyl (C=O) groups is 1. The molecule has 4 aromatic rings. The Morgan fingerprint density at radius 1 is 1.34 bits per heavy atom. The lowest BCUT2D eigenvalue weighted by Crippen LogP contribution is -2.15. The van der Waals surface area contributed by atoms with Gasteiger partial charge in [-0.05, 0) is 30.7 Å². The van der Waals surface area contributed by atoms with Crippen LogP contribution >= 0.6 is 0 Å². The van der Waals surface area contributed by atoms with Crippen LogP contribution in [0.3, 0.4) is 0 Å². The Morgan fingerprint density at radius 2 is 2.19 bits per heavy atom. The van der Waals surface area contributed by atoms with Crippen LogP contribution in [0.1, 0.15) is 21.9 Å². The first-order valence-corrected chi connectivity index (χ1v) is 9.87. The molecular formula is C22H19BF2N5O2. The number of aromatic nitrogens is 4. The third kappa shape index (κ3) is 4.44. The molecule has 0 aliphatic heterocycles. The molecule has 0 fully saturated rings. The number of fused-ring (bicyclic) bond motifs is 1. The maximum Gasteiger partial charge on any atom is 0.274 e. The molecule has 1 unspecified atom stereocenters. The van der Waals surface area contributed by atoms with Gasteiger partial charge in [0.15, 0.2) is 7.28 Å². The lowest BCUT2D eigenvalue weighted by molar-refractivity contribution is 0.102. The number of benzene rings is 1. The van der Waals surface area contributed by atoms with Crippen molar-refractivity contribution in [1.82, 2.24) is 19.5 Å². The Morgan fingerprint density at radius 3 is 2.97 bits per heavy atom. The van der Waals surface area contributed by atoms with Crippen molar-refractivity contribution in [2.45, 2.75) is 25.6 Å². The molecule has 0 saturated heterocycles. The van der Waals surface area contributed by atoms with Crippen molar-refractivity contribution >= 4 is 24.5 Å². The second-order valence-electron chi connectivity index (χ2n) is 7.20. The third-order valence-corrected chi connectivity index (χ3v) is 4.98. The summed E-state index contributed by atoms with van der Waals surface area (Å²) in [6.45, 7) is 5.31. The molecule has 0 bridgehead atoms. The van der Waals surface area contributed by atoms with E-state index >= 15 is 0 Å². The van der Waals surface area contributed by atoms with Gasteiger partial charge in [-0.25, -0.2) is 13.8 Å². The maximum atomic E-state index is 13.1. The van der Waals surface area contributed by atoms with E-state index in [-0.39, 0.29) is 24.0 Å².